The van der Waals surface area contributed by atoms with E-state index in [4.69, 9.17) is 4.74 Å². The van der Waals surface area contributed by atoms with Crippen molar-refractivity contribution in [3.8, 4) is 0 Å². The SMILES string of the molecule is CC.CC.CCOC(=O)c1ccc(N(C)C(=O)CC)cc1. The molecule has 0 aliphatic carbocycles. The Balaban J connectivity index is 0. The molecular weight excluding hydrogens is 266 g/mol. The minimum atomic E-state index is -0.344. The Kier molecular flexibility index (Phi) is 13.4. The van der Waals surface area contributed by atoms with Crippen LogP contribution in [0.5, 0.6) is 0 Å². The molecule has 4 nitrogen and oxygen atoms in total. The third-order valence-corrected chi connectivity index (χ3v) is 2.44. The van der Waals surface area contributed by atoms with Crippen LogP contribution in [0, 0.1) is 0 Å². The molecule has 4 heteroatoms. The molecule has 1 aromatic carbocycles. The van der Waals surface area contributed by atoms with Gasteiger partial charge in [-0.3, -0.25) is 4.79 Å². The smallest absolute Gasteiger partial charge is 0.338 e. The molecule has 0 heterocycles. The van der Waals surface area contributed by atoms with Gasteiger partial charge in [0, 0.05) is 19.2 Å². The number of benzene rings is 1. The fraction of sp³-hybridized carbons (Fsp3) is 0.529. The van der Waals surface area contributed by atoms with Gasteiger partial charge in [-0.05, 0) is 31.2 Å². The van der Waals surface area contributed by atoms with E-state index in [1.165, 1.54) is 0 Å². The first-order valence-corrected chi connectivity index (χ1v) is 7.63. The fourth-order valence-corrected chi connectivity index (χ4v) is 1.42. The van der Waals surface area contributed by atoms with Gasteiger partial charge in [0.2, 0.25) is 5.91 Å². The highest BCUT2D eigenvalue weighted by Gasteiger charge is 2.10. The van der Waals surface area contributed by atoms with Crippen LogP contribution in [0.25, 0.3) is 0 Å². The van der Waals surface area contributed by atoms with Crippen LogP contribution in [-0.2, 0) is 9.53 Å². The van der Waals surface area contributed by atoms with Gasteiger partial charge in [0.05, 0.1) is 12.2 Å². The average Bonchev–Trinajstić information content (AvgIpc) is 2.57. The second kappa shape index (κ2) is 13.2. The van der Waals surface area contributed by atoms with E-state index in [0.29, 0.717) is 18.6 Å². The third-order valence-electron chi connectivity index (χ3n) is 2.44. The highest BCUT2D eigenvalue weighted by Crippen LogP contribution is 2.15. The van der Waals surface area contributed by atoms with Crippen LogP contribution in [0.2, 0.25) is 0 Å². The number of hydrogen-bond donors (Lipinski definition) is 0. The van der Waals surface area contributed by atoms with Crippen molar-refractivity contribution in [2.45, 2.75) is 48.0 Å². The molecule has 0 unspecified atom stereocenters. The molecule has 0 saturated heterocycles. The molecule has 0 N–H and O–H groups in total. The first kappa shape index (κ1) is 21.5. The van der Waals surface area contributed by atoms with Gasteiger partial charge in [-0.25, -0.2) is 4.79 Å². The van der Waals surface area contributed by atoms with Crippen LogP contribution in [0.15, 0.2) is 24.3 Å². The minimum absolute atomic E-state index is 0.0360. The molecule has 0 fully saturated rings. The highest BCUT2D eigenvalue weighted by molar-refractivity contribution is 5.94. The summed E-state index contributed by atoms with van der Waals surface area (Å²) in [5.41, 5.74) is 1.26. The number of rotatable bonds is 4. The molecular formula is C17H29NO3. The van der Waals surface area contributed by atoms with E-state index in [2.05, 4.69) is 0 Å². The molecule has 1 amide bonds. The van der Waals surface area contributed by atoms with Crippen molar-refractivity contribution in [2.75, 3.05) is 18.6 Å². The van der Waals surface area contributed by atoms with Crippen LogP contribution in [-0.4, -0.2) is 25.5 Å². The molecule has 1 aromatic rings. The lowest BCUT2D eigenvalue weighted by atomic mass is 10.2. The van der Waals surface area contributed by atoms with Gasteiger partial charge in [-0.15, -0.1) is 0 Å². The molecule has 21 heavy (non-hydrogen) atoms. The largest absolute Gasteiger partial charge is 0.462 e. The molecule has 1 rings (SSSR count). The number of anilines is 1. The highest BCUT2D eigenvalue weighted by atomic mass is 16.5. The van der Waals surface area contributed by atoms with E-state index in [-0.39, 0.29) is 11.9 Å². The van der Waals surface area contributed by atoms with E-state index in [9.17, 15) is 9.59 Å². The van der Waals surface area contributed by atoms with Gasteiger partial charge in [-0.2, -0.15) is 0 Å². The summed E-state index contributed by atoms with van der Waals surface area (Å²) in [5.74, 6) is -0.308. The predicted molar refractivity (Wildman–Crippen MR) is 88.8 cm³/mol. The summed E-state index contributed by atoms with van der Waals surface area (Å²) in [6, 6.07) is 6.79. The topological polar surface area (TPSA) is 46.6 Å². The van der Waals surface area contributed by atoms with Crippen LogP contribution in [0.4, 0.5) is 5.69 Å². The van der Waals surface area contributed by atoms with Crippen molar-refractivity contribution in [3.63, 3.8) is 0 Å². The molecule has 0 aliphatic rings. The Morgan fingerprint density at radius 1 is 1.00 bits per heavy atom. The summed E-state index contributed by atoms with van der Waals surface area (Å²) in [6.45, 7) is 11.9. The maximum Gasteiger partial charge on any atom is 0.338 e. The van der Waals surface area contributed by atoms with Gasteiger partial charge >= 0.3 is 5.97 Å². The first-order chi connectivity index (χ1) is 10.1. The van der Waals surface area contributed by atoms with E-state index in [1.54, 1.807) is 43.1 Å². The summed E-state index contributed by atoms with van der Waals surface area (Å²) in [5, 5.41) is 0. The van der Waals surface area contributed by atoms with Crippen LogP contribution in [0.1, 0.15) is 58.3 Å². The zero-order valence-electron chi connectivity index (χ0n) is 14.4. The Hall–Kier alpha value is -1.84. The number of amides is 1. The first-order valence-electron chi connectivity index (χ1n) is 7.63. The Labute approximate surface area is 129 Å². The van der Waals surface area contributed by atoms with Gasteiger partial charge in [0.1, 0.15) is 0 Å². The molecule has 0 saturated carbocycles. The standard InChI is InChI=1S/C13H17NO3.2C2H6/c1-4-12(15)14(3)11-8-6-10(7-9-11)13(16)17-5-2;2*1-2/h6-9H,4-5H2,1-3H3;2*1-2H3. The monoisotopic (exact) mass is 295 g/mol. The number of ether oxygens (including phenoxy) is 1. The van der Waals surface area contributed by atoms with Crippen molar-refractivity contribution >= 4 is 17.6 Å². The Bertz CT molecular complexity index is 399. The number of carbonyl (C=O) groups is 2. The van der Waals surface area contributed by atoms with Crippen molar-refractivity contribution in [2.24, 2.45) is 0 Å². The quantitative estimate of drug-likeness (QED) is 0.778. The minimum Gasteiger partial charge on any atom is -0.462 e. The third kappa shape index (κ3) is 7.49. The molecule has 0 atom stereocenters. The number of esters is 1. The van der Waals surface area contributed by atoms with Gasteiger partial charge in [-0.1, -0.05) is 34.6 Å². The maximum atomic E-state index is 11.5. The Morgan fingerprint density at radius 2 is 1.48 bits per heavy atom. The van der Waals surface area contributed by atoms with E-state index in [1.807, 2.05) is 34.6 Å². The average molecular weight is 295 g/mol. The molecule has 0 radical (unpaired) electrons. The van der Waals surface area contributed by atoms with Crippen molar-refractivity contribution < 1.29 is 14.3 Å². The molecule has 0 bridgehead atoms. The summed E-state index contributed by atoms with van der Waals surface area (Å²) in [7, 11) is 1.71. The van der Waals surface area contributed by atoms with Gasteiger partial charge in [0.25, 0.3) is 0 Å². The van der Waals surface area contributed by atoms with Gasteiger partial charge in [0.15, 0.2) is 0 Å². The normalized spacial score (nSPS) is 8.52. The Morgan fingerprint density at radius 3 is 1.86 bits per heavy atom. The van der Waals surface area contributed by atoms with Crippen molar-refractivity contribution in [3.05, 3.63) is 29.8 Å². The summed E-state index contributed by atoms with van der Waals surface area (Å²) < 4.78 is 4.88. The van der Waals surface area contributed by atoms with Crippen molar-refractivity contribution in [1.29, 1.82) is 0 Å². The second-order valence-electron chi connectivity index (χ2n) is 3.57. The van der Waals surface area contributed by atoms with E-state index >= 15 is 0 Å². The lowest BCUT2D eigenvalue weighted by Crippen LogP contribution is -2.25. The second-order valence-corrected chi connectivity index (χ2v) is 3.57. The maximum absolute atomic E-state index is 11.5. The van der Waals surface area contributed by atoms with E-state index in [0.717, 1.165) is 5.69 Å². The molecule has 0 aliphatic heterocycles. The molecule has 120 valence electrons. The van der Waals surface area contributed by atoms with Crippen LogP contribution >= 0.6 is 0 Å². The summed E-state index contributed by atoms with van der Waals surface area (Å²) >= 11 is 0. The molecule has 0 spiro atoms. The fourth-order valence-electron chi connectivity index (χ4n) is 1.42. The zero-order chi connectivity index (χ0) is 16.8. The van der Waals surface area contributed by atoms with Crippen LogP contribution < -0.4 is 4.90 Å². The van der Waals surface area contributed by atoms with E-state index < -0.39 is 0 Å². The molecule has 0 aromatic heterocycles. The number of hydrogen-bond acceptors (Lipinski definition) is 3. The number of carbonyl (C=O) groups excluding carboxylic acids is 2. The van der Waals surface area contributed by atoms with Crippen LogP contribution in [0.3, 0.4) is 0 Å². The van der Waals surface area contributed by atoms with Crippen molar-refractivity contribution in [1.82, 2.24) is 0 Å². The zero-order valence-corrected chi connectivity index (χ0v) is 14.4. The lowest BCUT2D eigenvalue weighted by molar-refractivity contribution is -0.118. The number of nitrogens with zero attached hydrogens (tertiary/aromatic N) is 1. The summed E-state index contributed by atoms with van der Waals surface area (Å²) in [4.78, 5) is 24.4. The predicted octanol–water partition coefficient (Wildman–Crippen LogP) is 4.29. The lowest BCUT2D eigenvalue weighted by Gasteiger charge is -2.16. The summed E-state index contributed by atoms with van der Waals surface area (Å²) in [6.07, 6.45) is 0.454. The van der Waals surface area contributed by atoms with Gasteiger partial charge < -0.3 is 9.64 Å².